The number of hydrogen-bond acceptors (Lipinski definition) is 2. The third-order valence-electron chi connectivity index (χ3n) is 3.85. The Kier molecular flexibility index (Phi) is 5.90. The number of aryl methyl sites for hydroxylation is 1. The maximum atomic E-state index is 12.1. The van der Waals surface area contributed by atoms with Crippen molar-refractivity contribution in [2.45, 2.75) is 13.8 Å². The fraction of sp³-hybridized carbons (Fsp3) is 0.200. The van der Waals surface area contributed by atoms with E-state index in [9.17, 15) is 9.59 Å². The second-order valence-corrected chi connectivity index (χ2v) is 5.73. The molecule has 0 unspecified atom stereocenters. The van der Waals surface area contributed by atoms with Gasteiger partial charge in [0.2, 0.25) is 11.8 Å². The van der Waals surface area contributed by atoms with Crippen molar-refractivity contribution in [3.05, 3.63) is 71.3 Å². The molecule has 0 aliphatic heterocycles. The van der Waals surface area contributed by atoms with Gasteiger partial charge in [-0.05, 0) is 42.7 Å². The minimum absolute atomic E-state index is 0.00530. The van der Waals surface area contributed by atoms with Crippen molar-refractivity contribution in [3.63, 3.8) is 0 Å². The van der Waals surface area contributed by atoms with Gasteiger partial charge in [-0.25, -0.2) is 0 Å². The van der Waals surface area contributed by atoms with Crippen LogP contribution in [0.1, 0.15) is 16.7 Å². The van der Waals surface area contributed by atoms with E-state index in [2.05, 4.69) is 5.32 Å². The van der Waals surface area contributed by atoms with Crippen LogP contribution in [0.15, 0.2) is 54.6 Å². The minimum Gasteiger partial charge on any atom is -0.333 e. The fourth-order valence-corrected chi connectivity index (χ4v) is 2.23. The summed E-state index contributed by atoms with van der Waals surface area (Å²) < 4.78 is 0. The third kappa shape index (κ3) is 4.81. The normalized spacial score (nSPS) is 10.6. The highest BCUT2D eigenvalue weighted by Crippen LogP contribution is 2.17. The van der Waals surface area contributed by atoms with Crippen LogP contribution < -0.4 is 5.32 Å². The quantitative estimate of drug-likeness (QED) is 0.858. The number of hydrogen-bond donors (Lipinski definition) is 1. The average Bonchev–Trinajstić information content (AvgIpc) is 2.57. The van der Waals surface area contributed by atoms with E-state index in [1.165, 1.54) is 11.0 Å². The third-order valence-corrected chi connectivity index (χ3v) is 3.85. The lowest BCUT2D eigenvalue weighted by Crippen LogP contribution is -2.34. The zero-order chi connectivity index (χ0) is 17.5. The first-order chi connectivity index (χ1) is 11.5. The number of carbonyl (C=O) groups excluding carboxylic acids is 2. The van der Waals surface area contributed by atoms with Gasteiger partial charge in [0, 0.05) is 18.8 Å². The smallest absolute Gasteiger partial charge is 0.246 e. The highest BCUT2D eigenvalue weighted by atomic mass is 16.2. The summed E-state index contributed by atoms with van der Waals surface area (Å²) in [6, 6.07) is 15.3. The number of carbonyl (C=O) groups is 2. The maximum absolute atomic E-state index is 12.1. The van der Waals surface area contributed by atoms with Gasteiger partial charge in [-0.1, -0.05) is 42.5 Å². The monoisotopic (exact) mass is 322 g/mol. The molecule has 0 saturated carbocycles. The average molecular weight is 322 g/mol. The van der Waals surface area contributed by atoms with E-state index in [4.69, 9.17) is 0 Å². The number of nitrogens with one attached hydrogen (secondary N) is 1. The van der Waals surface area contributed by atoms with Crippen molar-refractivity contribution in [1.82, 2.24) is 4.90 Å². The molecular weight excluding hydrogens is 300 g/mol. The molecule has 0 bridgehead atoms. The first kappa shape index (κ1) is 17.5. The van der Waals surface area contributed by atoms with Gasteiger partial charge in [0.15, 0.2) is 0 Å². The molecule has 4 nitrogen and oxygen atoms in total. The summed E-state index contributed by atoms with van der Waals surface area (Å²) in [6.07, 6.45) is 3.21. The lowest BCUT2D eigenvalue weighted by molar-refractivity contribution is -0.129. The van der Waals surface area contributed by atoms with Gasteiger partial charge in [0.25, 0.3) is 0 Å². The van der Waals surface area contributed by atoms with Gasteiger partial charge in [0.1, 0.15) is 0 Å². The van der Waals surface area contributed by atoms with Crippen molar-refractivity contribution in [2.24, 2.45) is 0 Å². The molecule has 2 aromatic carbocycles. The summed E-state index contributed by atoms with van der Waals surface area (Å²) in [5.74, 6) is -0.428. The van der Waals surface area contributed by atoms with Gasteiger partial charge >= 0.3 is 0 Å². The molecule has 2 aromatic rings. The summed E-state index contributed by atoms with van der Waals surface area (Å²) in [6.45, 7) is 3.96. The molecule has 0 spiro atoms. The van der Waals surface area contributed by atoms with Crippen LogP contribution in [0.25, 0.3) is 6.08 Å². The van der Waals surface area contributed by atoms with E-state index in [0.29, 0.717) is 0 Å². The van der Waals surface area contributed by atoms with Crippen molar-refractivity contribution >= 4 is 23.6 Å². The highest BCUT2D eigenvalue weighted by Gasteiger charge is 2.12. The zero-order valence-corrected chi connectivity index (χ0v) is 14.2. The molecule has 1 N–H and O–H groups in total. The Bertz CT molecular complexity index is 751. The maximum Gasteiger partial charge on any atom is 0.246 e. The SMILES string of the molecule is Cc1cccc(NC(=O)CN(C)C(=O)/C=C/c2ccccc2)c1C. The molecule has 0 aromatic heterocycles. The lowest BCUT2D eigenvalue weighted by atomic mass is 10.1. The Labute approximate surface area is 142 Å². The molecule has 0 aliphatic rings. The second kappa shape index (κ2) is 8.11. The molecule has 124 valence electrons. The van der Waals surface area contributed by atoms with Gasteiger partial charge in [-0.2, -0.15) is 0 Å². The summed E-state index contributed by atoms with van der Waals surface area (Å²) in [7, 11) is 1.61. The van der Waals surface area contributed by atoms with Crippen molar-refractivity contribution in [1.29, 1.82) is 0 Å². The molecule has 0 saturated heterocycles. The van der Waals surface area contributed by atoms with Crippen LogP contribution in [-0.2, 0) is 9.59 Å². The summed E-state index contributed by atoms with van der Waals surface area (Å²) >= 11 is 0. The minimum atomic E-state index is -0.215. The molecule has 4 heteroatoms. The summed E-state index contributed by atoms with van der Waals surface area (Å²) in [5, 5.41) is 2.85. The van der Waals surface area contributed by atoms with Crippen LogP contribution in [0, 0.1) is 13.8 Å². The Morgan fingerprint density at radius 3 is 2.46 bits per heavy atom. The predicted molar refractivity (Wildman–Crippen MR) is 97.7 cm³/mol. The van der Waals surface area contributed by atoms with Gasteiger partial charge in [-0.15, -0.1) is 0 Å². The topological polar surface area (TPSA) is 49.4 Å². The lowest BCUT2D eigenvalue weighted by Gasteiger charge is -2.16. The molecular formula is C20H22N2O2. The van der Waals surface area contributed by atoms with Crippen LogP contribution >= 0.6 is 0 Å². The van der Waals surface area contributed by atoms with E-state index < -0.39 is 0 Å². The predicted octanol–water partition coefficient (Wildman–Crippen LogP) is 3.41. The first-order valence-corrected chi connectivity index (χ1v) is 7.81. The molecule has 0 radical (unpaired) electrons. The largest absolute Gasteiger partial charge is 0.333 e. The Morgan fingerprint density at radius 1 is 1.04 bits per heavy atom. The first-order valence-electron chi connectivity index (χ1n) is 7.81. The highest BCUT2D eigenvalue weighted by molar-refractivity contribution is 5.98. The van der Waals surface area contributed by atoms with Crippen LogP contribution in [0.3, 0.4) is 0 Å². The fourth-order valence-electron chi connectivity index (χ4n) is 2.23. The van der Waals surface area contributed by atoms with E-state index in [0.717, 1.165) is 22.4 Å². The summed E-state index contributed by atoms with van der Waals surface area (Å²) in [4.78, 5) is 25.6. The number of benzene rings is 2. The van der Waals surface area contributed by atoms with Crippen molar-refractivity contribution < 1.29 is 9.59 Å². The van der Waals surface area contributed by atoms with E-state index in [-0.39, 0.29) is 18.4 Å². The van der Waals surface area contributed by atoms with E-state index in [1.54, 1.807) is 13.1 Å². The second-order valence-electron chi connectivity index (χ2n) is 5.73. The molecule has 0 aliphatic carbocycles. The molecule has 0 heterocycles. The van der Waals surface area contributed by atoms with Crippen LogP contribution in [0.5, 0.6) is 0 Å². The Hall–Kier alpha value is -2.88. The number of likely N-dealkylation sites (N-methyl/N-ethyl adjacent to an activating group) is 1. The van der Waals surface area contributed by atoms with Gasteiger partial charge < -0.3 is 10.2 Å². The summed E-state index contributed by atoms with van der Waals surface area (Å²) in [5.41, 5.74) is 3.87. The van der Waals surface area contributed by atoms with Gasteiger partial charge in [0.05, 0.1) is 6.54 Å². The van der Waals surface area contributed by atoms with Gasteiger partial charge in [-0.3, -0.25) is 9.59 Å². The van der Waals surface area contributed by atoms with Crippen molar-refractivity contribution in [2.75, 3.05) is 18.9 Å². The van der Waals surface area contributed by atoms with Crippen LogP contribution in [0.2, 0.25) is 0 Å². The van der Waals surface area contributed by atoms with Crippen LogP contribution in [-0.4, -0.2) is 30.3 Å². The molecule has 0 atom stereocenters. The van der Waals surface area contributed by atoms with Crippen molar-refractivity contribution in [3.8, 4) is 0 Å². The number of amides is 2. The van der Waals surface area contributed by atoms with E-state index >= 15 is 0 Å². The molecule has 0 fully saturated rings. The van der Waals surface area contributed by atoms with E-state index in [1.807, 2.05) is 62.4 Å². The molecule has 2 amide bonds. The number of anilines is 1. The Balaban J connectivity index is 1.92. The number of nitrogens with zero attached hydrogens (tertiary/aromatic N) is 1. The molecule has 24 heavy (non-hydrogen) atoms. The standard InChI is InChI=1S/C20H22N2O2/c1-15-8-7-11-18(16(15)2)21-19(23)14-22(3)20(24)13-12-17-9-5-4-6-10-17/h4-13H,14H2,1-3H3,(H,21,23)/b13-12+. The molecule has 2 rings (SSSR count). The van der Waals surface area contributed by atoms with Crippen LogP contribution in [0.4, 0.5) is 5.69 Å². The number of rotatable bonds is 5. The zero-order valence-electron chi connectivity index (χ0n) is 14.2. The Morgan fingerprint density at radius 2 is 1.75 bits per heavy atom.